The number of hydrogen-bond acceptors (Lipinski definition) is 6. The summed E-state index contributed by atoms with van der Waals surface area (Å²) in [4.78, 5) is 24.7. The predicted octanol–water partition coefficient (Wildman–Crippen LogP) is 3.45. The van der Waals surface area contributed by atoms with Gasteiger partial charge in [-0.3, -0.25) is 0 Å². The largest absolute Gasteiger partial charge is 0.466 e. The maximum atomic E-state index is 14.3. The van der Waals surface area contributed by atoms with Gasteiger partial charge >= 0.3 is 24.3 Å². The molecule has 2 atom stereocenters. The van der Waals surface area contributed by atoms with Crippen LogP contribution in [0.4, 0.5) is 26.3 Å². The number of halogens is 6. The Morgan fingerprint density at radius 1 is 0.771 bits per heavy atom. The highest BCUT2D eigenvalue weighted by Gasteiger charge is 2.68. The fraction of sp³-hybridized carbons (Fsp3) is 0.273. The molecule has 1 aromatic carbocycles. The number of carbonyl (C=O) groups is 2. The first-order valence-corrected chi connectivity index (χ1v) is 9.62. The summed E-state index contributed by atoms with van der Waals surface area (Å²) in [5, 5.41) is 21.6. The number of nitrogens with zero attached hydrogens (tertiary/aromatic N) is 1. The van der Waals surface area contributed by atoms with Gasteiger partial charge in [0.05, 0.1) is 25.4 Å². The van der Waals surface area contributed by atoms with Crippen molar-refractivity contribution in [1.82, 2.24) is 4.40 Å². The SMILES string of the molecule is COC(=O)[C@@](O)(c1c(-c2ccccc2)c([C@](O)(C(=O)OC)C(F)(F)F)n2ccccc12)C(F)(F)F. The minimum Gasteiger partial charge on any atom is -0.466 e. The maximum absolute atomic E-state index is 14.3. The van der Waals surface area contributed by atoms with Crippen LogP contribution in [-0.4, -0.2) is 53.1 Å². The summed E-state index contributed by atoms with van der Waals surface area (Å²) in [6.45, 7) is 0. The Morgan fingerprint density at radius 2 is 1.26 bits per heavy atom. The summed E-state index contributed by atoms with van der Waals surface area (Å²) in [6, 6.07) is 9.14. The van der Waals surface area contributed by atoms with Crippen molar-refractivity contribution >= 4 is 17.5 Å². The Balaban J connectivity index is 2.73. The third-order valence-electron chi connectivity index (χ3n) is 5.39. The van der Waals surface area contributed by atoms with E-state index in [4.69, 9.17) is 0 Å². The number of alkyl halides is 6. The standard InChI is InChI=1S/C22H17F6NO6/c1-34-17(30)19(32,21(23,24)25)15-13-10-6-7-11-29(13)16(14(15)12-8-4-3-5-9-12)20(33,18(31)35-2)22(26,27)28/h3-11,32-33H,1-2H3/t19-,20-/m0/s1. The van der Waals surface area contributed by atoms with Gasteiger partial charge in [-0.25, -0.2) is 9.59 Å². The Kier molecular flexibility index (Phi) is 6.38. The third kappa shape index (κ3) is 3.71. The van der Waals surface area contributed by atoms with Crippen LogP contribution in [0.3, 0.4) is 0 Å². The first kappa shape index (κ1) is 26.0. The average Bonchev–Trinajstić information content (AvgIpc) is 3.16. The van der Waals surface area contributed by atoms with Crippen LogP contribution in [0.1, 0.15) is 11.3 Å². The molecular formula is C22H17F6NO6. The van der Waals surface area contributed by atoms with Crippen LogP contribution in [0.2, 0.25) is 0 Å². The summed E-state index contributed by atoms with van der Waals surface area (Å²) in [6.07, 6.45) is -10.8. The second kappa shape index (κ2) is 8.57. The van der Waals surface area contributed by atoms with Gasteiger partial charge in [0.1, 0.15) is 0 Å². The number of aliphatic hydroxyl groups is 2. The van der Waals surface area contributed by atoms with Crippen molar-refractivity contribution in [2.45, 2.75) is 23.6 Å². The number of pyridine rings is 1. The van der Waals surface area contributed by atoms with Crippen LogP contribution < -0.4 is 0 Å². The van der Waals surface area contributed by atoms with Crippen molar-refractivity contribution in [2.24, 2.45) is 0 Å². The predicted molar refractivity (Wildman–Crippen MR) is 107 cm³/mol. The van der Waals surface area contributed by atoms with E-state index in [9.17, 15) is 46.1 Å². The molecule has 188 valence electrons. The first-order valence-electron chi connectivity index (χ1n) is 9.62. The van der Waals surface area contributed by atoms with E-state index >= 15 is 0 Å². The topological polar surface area (TPSA) is 97.5 Å². The van der Waals surface area contributed by atoms with Crippen LogP contribution in [0.25, 0.3) is 16.6 Å². The number of fused-ring (bicyclic) bond motifs is 1. The number of esters is 2. The Bertz CT molecular complexity index is 1190. The van der Waals surface area contributed by atoms with E-state index in [1.165, 1.54) is 18.2 Å². The van der Waals surface area contributed by atoms with Crippen LogP contribution in [0, 0.1) is 0 Å². The van der Waals surface area contributed by atoms with Gasteiger partial charge in [0.2, 0.25) is 0 Å². The lowest BCUT2D eigenvalue weighted by Crippen LogP contribution is -2.51. The number of ether oxygens (including phenoxy) is 2. The monoisotopic (exact) mass is 505 g/mol. The van der Waals surface area contributed by atoms with E-state index in [2.05, 4.69) is 9.47 Å². The molecule has 0 aliphatic heterocycles. The molecule has 0 spiro atoms. The van der Waals surface area contributed by atoms with Gasteiger partial charge in [0.25, 0.3) is 11.2 Å². The molecule has 2 N–H and O–H groups in total. The molecule has 0 aliphatic carbocycles. The summed E-state index contributed by atoms with van der Waals surface area (Å²) >= 11 is 0. The smallest absolute Gasteiger partial charge is 0.434 e. The molecule has 2 aromatic heterocycles. The zero-order chi connectivity index (χ0) is 26.4. The fourth-order valence-corrected chi connectivity index (χ4v) is 3.82. The zero-order valence-corrected chi connectivity index (χ0v) is 17.9. The van der Waals surface area contributed by atoms with E-state index in [-0.39, 0.29) is 5.56 Å². The highest BCUT2D eigenvalue weighted by molar-refractivity contribution is 5.95. The van der Waals surface area contributed by atoms with Gasteiger partial charge in [-0.15, -0.1) is 0 Å². The number of methoxy groups -OCH3 is 2. The molecule has 2 heterocycles. The van der Waals surface area contributed by atoms with E-state index in [0.717, 1.165) is 36.5 Å². The minimum absolute atomic E-state index is 0.389. The van der Waals surface area contributed by atoms with E-state index in [1.807, 2.05) is 0 Å². The molecule has 0 fully saturated rings. The summed E-state index contributed by atoms with van der Waals surface area (Å²) in [7, 11) is 1.08. The van der Waals surface area contributed by atoms with Gasteiger partial charge in [0, 0.05) is 17.3 Å². The molecule has 3 aromatic rings. The van der Waals surface area contributed by atoms with Gasteiger partial charge in [-0.2, -0.15) is 26.3 Å². The highest BCUT2D eigenvalue weighted by Crippen LogP contribution is 2.52. The number of hydrogen-bond donors (Lipinski definition) is 2. The van der Waals surface area contributed by atoms with Crippen molar-refractivity contribution in [3.8, 4) is 11.1 Å². The average molecular weight is 505 g/mol. The number of carbonyl (C=O) groups excluding carboxylic acids is 2. The molecule has 13 heteroatoms. The molecular weight excluding hydrogens is 488 g/mol. The van der Waals surface area contributed by atoms with Crippen LogP contribution >= 0.6 is 0 Å². The molecule has 0 saturated heterocycles. The third-order valence-corrected chi connectivity index (χ3v) is 5.39. The fourth-order valence-electron chi connectivity index (χ4n) is 3.82. The number of aromatic nitrogens is 1. The van der Waals surface area contributed by atoms with Crippen molar-refractivity contribution in [3.63, 3.8) is 0 Å². The summed E-state index contributed by atoms with van der Waals surface area (Å²) < 4.78 is 94.4. The van der Waals surface area contributed by atoms with Crippen molar-refractivity contribution in [3.05, 3.63) is 66.0 Å². The molecule has 3 rings (SSSR count). The molecule has 7 nitrogen and oxygen atoms in total. The van der Waals surface area contributed by atoms with E-state index < -0.39 is 57.8 Å². The number of benzene rings is 1. The number of rotatable bonds is 5. The molecule has 0 amide bonds. The lowest BCUT2D eigenvalue weighted by Gasteiger charge is -2.31. The van der Waals surface area contributed by atoms with Gasteiger partial charge < -0.3 is 24.1 Å². The summed E-state index contributed by atoms with van der Waals surface area (Å²) in [5.74, 6) is -4.51. The summed E-state index contributed by atoms with van der Waals surface area (Å²) in [5.41, 5.74) is -14.1. The molecule has 0 bridgehead atoms. The molecule has 0 radical (unpaired) electrons. The normalized spacial score (nSPS) is 15.8. The molecule has 0 aliphatic rings. The second-order valence-corrected chi connectivity index (χ2v) is 7.32. The lowest BCUT2D eigenvalue weighted by molar-refractivity contribution is -0.268. The maximum Gasteiger partial charge on any atom is 0.434 e. The van der Waals surface area contributed by atoms with E-state index in [0.29, 0.717) is 18.6 Å². The van der Waals surface area contributed by atoms with Crippen molar-refractivity contribution < 1.29 is 55.6 Å². The first-order chi connectivity index (χ1) is 16.2. The Labute approximate surface area is 193 Å². The Hall–Kier alpha value is -3.58. The Morgan fingerprint density at radius 3 is 1.74 bits per heavy atom. The quantitative estimate of drug-likeness (QED) is 0.408. The van der Waals surface area contributed by atoms with Gasteiger partial charge in [0.15, 0.2) is 0 Å². The lowest BCUT2D eigenvalue weighted by atomic mass is 9.83. The second-order valence-electron chi connectivity index (χ2n) is 7.32. The molecule has 0 saturated carbocycles. The minimum atomic E-state index is -5.81. The molecule has 0 unspecified atom stereocenters. The van der Waals surface area contributed by atoms with Gasteiger partial charge in [-0.05, 0) is 17.7 Å². The van der Waals surface area contributed by atoms with E-state index in [1.54, 1.807) is 0 Å². The van der Waals surface area contributed by atoms with Crippen molar-refractivity contribution in [2.75, 3.05) is 14.2 Å². The van der Waals surface area contributed by atoms with Crippen LogP contribution in [0.15, 0.2) is 54.7 Å². The highest BCUT2D eigenvalue weighted by atomic mass is 19.4. The van der Waals surface area contributed by atoms with Crippen LogP contribution in [-0.2, 0) is 30.3 Å². The van der Waals surface area contributed by atoms with Crippen molar-refractivity contribution in [1.29, 1.82) is 0 Å². The zero-order valence-electron chi connectivity index (χ0n) is 17.9. The van der Waals surface area contributed by atoms with Gasteiger partial charge in [-0.1, -0.05) is 36.4 Å². The van der Waals surface area contributed by atoms with Crippen LogP contribution in [0.5, 0.6) is 0 Å². The molecule has 35 heavy (non-hydrogen) atoms.